The molecule has 2 atom stereocenters. The summed E-state index contributed by atoms with van der Waals surface area (Å²) in [6.45, 7) is 2.00. The topological polar surface area (TPSA) is 26.3 Å². The number of carbonyl (C=O) groups is 1. The standard InChI is InChI=1S/C14H10ClO2P/c1-14-7-3-5-9-12(14)11-8(13(14)16)4-2-6-10(11)18(15)17-9/h2-6H,7H2,1H3. The van der Waals surface area contributed by atoms with Gasteiger partial charge in [-0.3, -0.25) is 4.79 Å². The van der Waals surface area contributed by atoms with Crippen molar-refractivity contribution in [3.8, 4) is 0 Å². The molecule has 4 heteroatoms. The maximum atomic E-state index is 12.6. The van der Waals surface area contributed by atoms with E-state index in [0.717, 1.165) is 34.2 Å². The van der Waals surface area contributed by atoms with Crippen LogP contribution in [0.25, 0.3) is 5.57 Å². The number of ketones is 1. The van der Waals surface area contributed by atoms with Crippen molar-refractivity contribution in [3.05, 3.63) is 47.2 Å². The van der Waals surface area contributed by atoms with Crippen LogP contribution in [0, 0.1) is 5.41 Å². The zero-order chi connectivity index (χ0) is 12.5. The first-order valence-corrected chi connectivity index (χ1v) is 8.03. The molecule has 90 valence electrons. The molecule has 0 aromatic heterocycles. The van der Waals surface area contributed by atoms with Gasteiger partial charge in [0.25, 0.3) is 0 Å². The van der Waals surface area contributed by atoms with Gasteiger partial charge in [0.1, 0.15) is 5.76 Å². The number of carbonyl (C=O) groups excluding carboxylic acids is 1. The fraction of sp³-hybridized carbons (Fsp3) is 0.214. The molecule has 0 fully saturated rings. The van der Waals surface area contributed by atoms with Crippen LogP contribution >= 0.6 is 18.7 Å². The van der Waals surface area contributed by atoms with Crippen LogP contribution in [-0.4, -0.2) is 5.78 Å². The lowest BCUT2D eigenvalue weighted by Crippen LogP contribution is -2.26. The van der Waals surface area contributed by atoms with Gasteiger partial charge in [0.05, 0.1) is 5.41 Å². The van der Waals surface area contributed by atoms with Crippen LogP contribution < -0.4 is 5.30 Å². The summed E-state index contributed by atoms with van der Waals surface area (Å²) >= 11 is 6.31. The van der Waals surface area contributed by atoms with Crippen molar-refractivity contribution < 1.29 is 9.32 Å². The molecular formula is C14H10ClO2P. The minimum absolute atomic E-state index is 0.196. The smallest absolute Gasteiger partial charge is 0.215 e. The molecular weight excluding hydrogens is 267 g/mol. The molecule has 0 amide bonds. The predicted octanol–water partition coefficient (Wildman–Crippen LogP) is 3.77. The van der Waals surface area contributed by atoms with E-state index in [1.54, 1.807) is 0 Å². The normalized spacial score (nSPS) is 31.4. The third-order valence-corrected chi connectivity index (χ3v) is 5.86. The Bertz CT molecular complexity index is 662. The van der Waals surface area contributed by atoms with Gasteiger partial charge in [-0.2, -0.15) is 0 Å². The van der Waals surface area contributed by atoms with Crippen molar-refractivity contribution >= 4 is 35.4 Å². The van der Waals surface area contributed by atoms with Crippen molar-refractivity contribution in [1.29, 1.82) is 0 Å². The van der Waals surface area contributed by atoms with Gasteiger partial charge >= 0.3 is 0 Å². The molecule has 2 nitrogen and oxygen atoms in total. The summed E-state index contributed by atoms with van der Waals surface area (Å²) in [6, 6.07) is 5.77. The molecule has 1 aromatic carbocycles. The van der Waals surface area contributed by atoms with E-state index in [1.807, 2.05) is 37.3 Å². The molecule has 0 saturated heterocycles. The number of hydrogen-bond acceptors (Lipinski definition) is 2. The lowest BCUT2D eigenvalue weighted by Gasteiger charge is -2.32. The van der Waals surface area contributed by atoms with Gasteiger partial charge in [-0.05, 0) is 36.7 Å². The fourth-order valence-corrected chi connectivity index (χ4v) is 4.79. The number of allylic oxidation sites excluding steroid dienone is 3. The Morgan fingerprint density at radius 1 is 1.44 bits per heavy atom. The Labute approximate surface area is 111 Å². The summed E-state index contributed by atoms with van der Waals surface area (Å²) in [4.78, 5) is 12.6. The first-order valence-electron chi connectivity index (χ1n) is 5.86. The Kier molecular flexibility index (Phi) is 1.95. The van der Waals surface area contributed by atoms with Crippen molar-refractivity contribution in [2.24, 2.45) is 5.41 Å². The Balaban J connectivity index is 2.16. The molecule has 18 heavy (non-hydrogen) atoms. The van der Waals surface area contributed by atoms with Crippen LogP contribution in [0.5, 0.6) is 0 Å². The van der Waals surface area contributed by atoms with E-state index in [4.69, 9.17) is 15.8 Å². The average molecular weight is 277 g/mol. The fourth-order valence-electron chi connectivity index (χ4n) is 3.11. The summed E-state index contributed by atoms with van der Waals surface area (Å²) in [5, 5.41) is 0.982. The molecule has 0 spiro atoms. The van der Waals surface area contributed by atoms with Gasteiger partial charge < -0.3 is 4.52 Å². The van der Waals surface area contributed by atoms with Crippen LogP contribution in [0.1, 0.15) is 29.3 Å². The minimum Gasteiger partial charge on any atom is -0.453 e. The highest BCUT2D eigenvalue weighted by Gasteiger charge is 2.51. The zero-order valence-electron chi connectivity index (χ0n) is 9.74. The van der Waals surface area contributed by atoms with E-state index in [1.165, 1.54) is 0 Å². The maximum Gasteiger partial charge on any atom is 0.215 e. The molecule has 1 aliphatic heterocycles. The van der Waals surface area contributed by atoms with Gasteiger partial charge in [0, 0.05) is 22.0 Å². The molecule has 1 heterocycles. The lowest BCUT2D eigenvalue weighted by molar-refractivity contribution is 0.0890. The van der Waals surface area contributed by atoms with Crippen molar-refractivity contribution in [2.75, 3.05) is 0 Å². The van der Waals surface area contributed by atoms with Crippen molar-refractivity contribution in [1.82, 2.24) is 0 Å². The van der Waals surface area contributed by atoms with Gasteiger partial charge in [-0.15, -0.1) is 0 Å². The van der Waals surface area contributed by atoms with E-state index in [0.29, 0.717) is 0 Å². The second kappa shape index (κ2) is 3.26. The van der Waals surface area contributed by atoms with Gasteiger partial charge in [0.15, 0.2) is 5.78 Å². The van der Waals surface area contributed by atoms with Crippen LogP contribution in [0.3, 0.4) is 0 Å². The Morgan fingerprint density at radius 2 is 2.28 bits per heavy atom. The third kappa shape index (κ3) is 1.07. The maximum absolute atomic E-state index is 12.6. The molecule has 2 aliphatic carbocycles. The molecule has 0 N–H and O–H groups in total. The van der Waals surface area contributed by atoms with Crippen molar-refractivity contribution in [2.45, 2.75) is 13.3 Å². The number of hydrogen-bond donors (Lipinski definition) is 0. The summed E-state index contributed by atoms with van der Waals surface area (Å²) in [6.07, 6.45) is 4.70. The average Bonchev–Trinajstić information content (AvgIpc) is 2.59. The molecule has 0 bridgehead atoms. The molecule has 4 rings (SSSR count). The van der Waals surface area contributed by atoms with Gasteiger partial charge in [-0.1, -0.05) is 18.2 Å². The third-order valence-electron chi connectivity index (χ3n) is 4.00. The monoisotopic (exact) mass is 276 g/mol. The largest absolute Gasteiger partial charge is 0.453 e. The van der Waals surface area contributed by atoms with E-state index < -0.39 is 12.9 Å². The Hall–Kier alpha value is -1.11. The van der Waals surface area contributed by atoms with Gasteiger partial charge in [0.2, 0.25) is 7.50 Å². The minimum atomic E-state index is -1.17. The molecule has 1 aromatic rings. The highest BCUT2D eigenvalue weighted by Crippen LogP contribution is 2.60. The van der Waals surface area contributed by atoms with E-state index in [9.17, 15) is 4.79 Å². The number of Topliss-reactive ketones (excluding diaryl/α,β-unsaturated/α-hetero) is 1. The van der Waals surface area contributed by atoms with Crippen LogP contribution in [0.4, 0.5) is 0 Å². The predicted molar refractivity (Wildman–Crippen MR) is 73.0 cm³/mol. The van der Waals surface area contributed by atoms with Crippen molar-refractivity contribution in [3.63, 3.8) is 0 Å². The summed E-state index contributed by atoms with van der Waals surface area (Å²) in [5.74, 6) is 0.984. The molecule has 0 radical (unpaired) electrons. The first-order chi connectivity index (χ1) is 8.63. The summed E-state index contributed by atoms with van der Waals surface area (Å²) < 4.78 is 5.80. The van der Waals surface area contributed by atoms with E-state index >= 15 is 0 Å². The lowest BCUT2D eigenvalue weighted by atomic mass is 9.76. The van der Waals surface area contributed by atoms with Crippen LogP contribution in [0.2, 0.25) is 0 Å². The first kappa shape index (κ1) is 10.8. The van der Waals surface area contributed by atoms with E-state index in [2.05, 4.69) is 0 Å². The Morgan fingerprint density at radius 3 is 3.11 bits per heavy atom. The summed E-state index contributed by atoms with van der Waals surface area (Å²) in [7, 11) is -1.17. The van der Waals surface area contributed by atoms with Gasteiger partial charge in [-0.25, -0.2) is 0 Å². The number of rotatable bonds is 0. The molecule has 2 unspecified atom stereocenters. The summed E-state index contributed by atoms with van der Waals surface area (Å²) in [5.41, 5.74) is 2.43. The van der Waals surface area contributed by atoms with E-state index in [-0.39, 0.29) is 5.78 Å². The quantitative estimate of drug-likeness (QED) is 0.674. The highest BCUT2D eigenvalue weighted by molar-refractivity contribution is 7.86. The van der Waals surface area contributed by atoms with Crippen LogP contribution in [0.15, 0.2) is 36.1 Å². The molecule has 0 saturated carbocycles. The second-order valence-electron chi connectivity index (χ2n) is 5.04. The zero-order valence-corrected chi connectivity index (χ0v) is 11.4. The highest BCUT2D eigenvalue weighted by atomic mass is 35.7. The van der Waals surface area contributed by atoms with Crippen LogP contribution in [-0.2, 0) is 4.52 Å². The second-order valence-corrected chi connectivity index (χ2v) is 7.12. The number of halogens is 1. The SMILES string of the molecule is CC12CC=CC3=C1c1c(cccc1P(Cl)O3)C2=O. The molecule has 3 aliphatic rings. The number of benzene rings is 1.